The number of rotatable bonds is 4. The van der Waals surface area contributed by atoms with E-state index in [1.165, 1.54) is 10.5 Å². The van der Waals surface area contributed by atoms with Crippen molar-refractivity contribution in [3.8, 4) is 17.7 Å². The summed E-state index contributed by atoms with van der Waals surface area (Å²) in [6, 6.07) is 14.8. The zero-order chi connectivity index (χ0) is 24.3. The first-order valence-electron chi connectivity index (χ1n) is 11.5. The third-order valence-electron chi connectivity index (χ3n) is 5.95. The number of benzene rings is 1. The quantitative estimate of drug-likeness (QED) is 0.419. The molecule has 1 aliphatic heterocycles. The maximum absolute atomic E-state index is 13.3. The van der Waals surface area contributed by atoms with Gasteiger partial charge in [-0.05, 0) is 60.6 Å². The number of likely N-dealkylation sites (tertiary alicyclic amines) is 1. The Morgan fingerprint density at radius 3 is 2.44 bits per heavy atom. The van der Waals surface area contributed by atoms with E-state index in [1.54, 1.807) is 29.3 Å². The van der Waals surface area contributed by atoms with Crippen molar-refractivity contribution in [2.45, 2.75) is 45.4 Å². The molecule has 0 saturated carbocycles. The Morgan fingerprint density at radius 1 is 1.09 bits per heavy atom. The highest BCUT2D eigenvalue weighted by Crippen LogP contribution is 2.28. The van der Waals surface area contributed by atoms with Gasteiger partial charge in [0.25, 0.3) is 11.5 Å². The second kappa shape index (κ2) is 9.52. The van der Waals surface area contributed by atoms with E-state index in [-0.39, 0.29) is 28.3 Å². The van der Waals surface area contributed by atoms with E-state index in [0.29, 0.717) is 24.5 Å². The van der Waals surface area contributed by atoms with Crippen LogP contribution in [-0.4, -0.2) is 33.3 Å². The molecule has 4 rings (SSSR count). The molecule has 7 nitrogen and oxygen atoms in total. The number of piperidine rings is 1. The normalized spacial score (nSPS) is 14.6. The molecule has 0 spiro atoms. The fourth-order valence-corrected chi connectivity index (χ4v) is 3.97. The van der Waals surface area contributed by atoms with Gasteiger partial charge in [-0.25, -0.2) is 0 Å². The Labute approximate surface area is 198 Å². The van der Waals surface area contributed by atoms with Crippen molar-refractivity contribution >= 4 is 17.6 Å². The van der Waals surface area contributed by atoms with Crippen molar-refractivity contribution in [1.82, 2.24) is 14.3 Å². The van der Waals surface area contributed by atoms with Crippen molar-refractivity contribution < 1.29 is 9.53 Å². The van der Waals surface area contributed by atoms with E-state index in [4.69, 9.17) is 4.74 Å². The van der Waals surface area contributed by atoms with Gasteiger partial charge in [-0.15, -0.1) is 0 Å². The molecule has 1 amide bonds. The zero-order valence-corrected chi connectivity index (χ0v) is 19.7. The molecule has 1 fully saturated rings. The van der Waals surface area contributed by atoms with Gasteiger partial charge in [0.1, 0.15) is 28.6 Å². The summed E-state index contributed by atoms with van der Waals surface area (Å²) in [7, 11) is 0. The first-order chi connectivity index (χ1) is 16.3. The second-order valence-corrected chi connectivity index (χ2v) is 9.46. The minimum atomic E-state index is -0.411. The summed E-state index contributed by atoms with van der Waals surface area (Å²) >= 11 is 0. The number of amides is 1. The molecule has 3 heterocycles. The molecule has 3 aromatic rings. The van der Waals surface area contributed by atoms with E-state index in [0.717, 1.165) is 24.8 Å². The number of nitrogens with zero attached hydrogens (tertiary/aromatic N) is 4. The Hall–Kier alpha value is -3.92. The number of ether oxygens (including phenoxy) is 1. The first-order valence-corrected chi connectivity index (χ1v) is 11.5. The lowest BCUT2D eigenvalue weighted by Crippen LogP contribution is -2.36. The van der Waals surface area contributed by atoms with Gasteiger partial charge in [0, 0.05) is 19.3 Å². The van der Waals surface area contributed by atoms with Crippen LogP contribution in [0.3, 0.4) is 0 Å². The predicted octanol–water partition coefficient (Wildman–Crippen LogP) is 4.70. The van der Waals surface area contributed by atoms with Crippen LogP contribution in [0, 0.1) is 11.3 Å². The minimum absolute atomic E-state index is 0.0109. The maximum Gasteiger partial charge on any atom is 0.269 e. The highest BCUT2D eigenvalue weighted by Gasteiger charge is 2.23. The summed E-state index contributed by atoms with van der Waals surface area (Å²) in [5.41, 5.74) is 1.08. The summed E-state index contributed by atoms with van der Waals surface area (Å²) in [6.45, 7) is 7.59. The Kier molecular flexibility index (Phi) is 6.51. The van der Waals surface area contributed by atoms with Crippen LogP contribution in [0.1, 0.15) is 51.2 Å². The average Bonchev–Trinajstić information content (AvgIpc) is 2.84. The topological polar surface area (TPSA) is 87.7 Å². The van der Waals surface area contributed by atoms with Crippen LogP contribution in [0.2, 0.25) is 0 Å². The second-order valence-electron chi connectivity index (χ2n) is 9.46. The number of carbonyl (C=O) groups is 1. The lowest BCUT2D eigenvalue weighted by Gasteiger charge is -2.26. The maximum atomic E-state index is 13.3. The molecule has 0 radical (unpaired) electrons. The minimum Gasteiger partial charge on any atom is -0.438 e. The van der Waals surface area contributed by atoms with Gasteiger partial charge in [0.15, 0.2) is 0 Å². The highest BCUT2D eigenvalue weighted by atomic mass is 16.5. The fourth-order valence-electron chi connectivity index (χ4n) is 3.97. The van der Waals surface area contributed by atoms with Crippen molar-refractivity contribution in [2.75, 3.05) is 13.1 Å². The summed E-state index contributed by atoms with van der Waals surface area (Å²) in [5.74, 6) is 0.190. The van der Waals surface area contributed by atoms with E-state index in [2.05, 4.69) is 25.8 Å². The van der Waals surface area contributed by atoms with Gasteiger partial charge in [0.05, 0.1) is 0 Å². The number of hydrogen-bond acceptors (Lipinski definition) is 5. The van der Waals surface area contributed by atoms with Crippen LogP contribution >= 0.6 is 0 Å². The van der Waals surface area contributed by atoms with Crippen molar-refractivity contribution in [1.29, 1.82) is 5.26 Å². The van der Waals surface area contributed by atoms with Gasteiger partial charge >= 0.3 is 0 Å². The molecular weight excluding hydrogens is 428 g/mol. The van der Waals surface area contributed by atoms with Gasteiger partial charge in [-0.2, -0.15) is 10.2 Å². The molecule has 0 aliphatic carbocycles. The van der Waals surface area contributed by atoms with Crippen LogP contribution in [0.5, 0.6) is 11.6 Å². The molecule has 174 valence electrons. The molecule has 0 N–H and O–H groups in total. The average molecular weight is 457 g/mol. The number of hydrogen-bond donors (Lipinski definition) is 0. The summed E-state index contributed by atoms with van der Waals surface area (Å²) in [5, 5.41) is 9.74. The number of fused-ring (bicyclic) bond motifs is 1. The van der Waals surface area contributed by atoms with Crippen LogP contribution in [0.4, 0.5) is 0 Å². The largest absolute Gasteiger partial charge is 0.438 e. The summed E-state index contributed by atoms with van der Waals surface area (Å²) < 4.78 is 7.41. The lowest BCUT2D eigenvalue weighted by atomic mass is 9.87. The summed E-state index contributed by atoms with van der Waals surface area (Å²) in [6.07, 6.45) is 5.79. The predicted molar refractivity (Wildman–Crippen MR) is 131 cm³/mol. The molecule has 34 heavy (non-hydrogen) atoms. The monoisotopic (exact) mass is 456 g/mol. The fraction of sp³-hybridized carbons (Fsp3) is 0.333. The highest BCUT2D eigenvalue weighted by molar-refractivity contribution is 6.02. The molecule has 1 aliphatic rings. The molecular formula is C27H28N4O3. The van der Waals surface area contributed by atoms with E-state index in [1.807, 2.05) is 30.3 Å². The third-order valence-corrected chi connectivity index (χ3v) is 5.95. The van der Waals surface area contributed by atoms with Gasteiger partial charge in [-0.3, -0.25) is 14.0 Å². The third kappa shape index (κ3) is 4.86. The number of pyridine rings is 1. The molecule has 1 aromatic carbocycles. The van der Waals surface area contributed by atoms with Crippen LogP contribution < -0.4 is 10.3 Å². The summed E-state index contributed by atoms with van der Waals surface area (Å²) in [4.78, 5) is 32.5. The van der Waals surface area contributed by atoms with Gasteiger partial charge in [0.2, 0.25) is 5.88 Å². The van der Waals surface area contributed by atoms with Gasteiger partial charge < -0.3 is 9.64 Å². The Bertz CT molecular complexity index is 1340. The molecule has 0 unspecified atom stereocenters. The van der Waals surface area contributed by atoms with Crippen LogP contribution in [0.15, 0.2) is 59.0 Å². The van der Waals surface area contributed by atoms with E-state index in [9.17, 15) is 14.9 Å². The molecule has 0 bridgehead atoms. The SMILES string of the molecule is CC(C)(C)c1ccc(Oc2nc3ccccn3c(=O)c2C=C(C#N)C(=O)N2CCCCC2)cc1. The molecule has 7 heteroatoms. The standard InChI is InChI=1S/C27H28N4O3/c1-27(2,3)20-10-12-21(13-11-20)34-24-22(26(33)31-16-8-5-9-23(31)29-24)17-19(18-28)25(32)30-14-6-4-7-15-30/h5,8-13,16-17H,4,6-7,14-15H2,1-3H3. The van der Waals surface area contributed by atoms with Crippen molar-refractivity contribution in [3.63, 3.8) is 0 Å². The number of carbonyl (C=O) groups excluding carboxylic acids is 1. The zero-order valence-electron chi connectivity index (χ0n) is 19.7. The van der Waals surface area contributed by atoms with Crippen molar-refractivity contribution in [3.05, 3.63) is 75.7 Å². The van der Waals surface area contributed by atoms with Gasteiger partial charge in [-0.1, -0.05) is 39.0 Å². The Balaban J connectivity index is 1.78. The van der Waals surface area contributed by atoms with Crippen LogP contribution in [0.25, 0.3) is 11.7 Å². The smallest absolute Gasteiger partial charge is 0.269 e. The van der Waals surface area contributed by atoms with E-state index < -0.39 is 5.56 Å². The van der Waals surface area contributed by atoms with E-state index >= 15 is 0 Å². The van der Waals surface area contributed by atoms with Crippen LogP contribution in [-0.2, 0) is 10.2 Å². The van der Waals surface area contributed by atoms with Crippen molar-refractivity contribution in [2.24, 2.45) is 0 Å². The number of nitriles is 1. The number of aromatic nitrogens is 2. The molecule has 2 aromatic heterocycles. The Morgan fingerprint density at radius 2 is 1.79 bits per heavy atom. The molecule has 1 saturated heterocycles. The molecule has 0 atom stereocenters. The first kappa shape index (κ1) is 23.2. The lowest BCUT2D eigenvalue weighted by molar-refractivity contribution is -0.127.